The molecule has 5 rings (SSSR count). The Morgan fingerprint density at radius 2 is 1.53 bits per heavy atom. The lowest BCUT2D eigenvalue weighted by molar-refractivity contribution is -0.175. The molecule has 2 heterocycles. The van der Waals surface area contributed by atoms with Crippen LogP contribution in [0.4, 0.5) is 13.2 Å². The molecule has 4 nitrogen and oxygen atoms in total. The van der Waals surface area contributed by atoms with Gasteiger partial charge < -0.3 is 10.6 Å². The van der Waals surface area contributed by atoms with Gasteiger partial charge in [-0.2, -0.15) is 13.2 Å². The van der Waals surface area contributed by atoms with Crippen LogP contribution in [-0.4, -0.2) is 24.0 Å². The average Bonchev–Trinajstić information content (AvgIpc) is 2.83. The van der Waals surface area contributed by atoms with Crippen molar-refractivity contribution in [1.29, 1.82) is 0 Å². The molecule has 0 bridgehead atoms. The van der Waals surface area contributed by atoms with Gasteiger partial charge in [0.2, 0.25) is 11.8 Å². The fourth-order valence-corrected chi connectivity index (χ4v) is 6.37. The number of halogens is 3. The maximum absolute atomic E-state index is 13.8. The molecule has 0 saturated carbocycles. The van der Waals surface area contributed by atoms with Crippen LogP contribution in [0.15, 0.2) is 76.5 Å². The van der Waals surface area contributed by atoms with E-state index in [2.05, 4.69) is 22.8 Å². The minimum absolute atomic E-state index is 0.227. The van der Waals surface area contributed by atoms with E-state index in [1.807, 2.05) is 38.1 Å². The van der Waals surface area contributed by atoms with Crippen molar-refractivity contribution in [2.75, 3.05) is 0 Å². The normalized spacial score (nSPS) is 21.8. The highest BCUT2D eigenvalue weighted by atomic mass is 32.2. The van der Waals surface area contributed by atoms with Crippen molar-refractivity contribution in [1.82, 2.24) is 10.6 Å². The van der Waals surface area contributed by atoms with Gasteiger partial charge in [-0.25, -0.2) is 0 Å². The molecule has 186 valence electrons. The molecule has 1 saturated heterocycles. The van der Waals surface area contributed by atoms with Gasteiger partial charge in [0, 0.05) is 15.7 Å². The number of nitrogens with one attached hydrogen (secondary N) is 2. The van der Waals surface area contributed by atoms with Gasteiger partial charge in [0.1, 0.15) is 12.0 Å². The average molecular weight is 511 g/mol. The third-order valence-corrected chi connectivity index (χ3v) is 8.02. The third-order valence-electron chi connectivity index (χ3n) is 6.87. The first-order chi connectivity index (χ1) is 17.1. The quantitative estimate of drug-likeness (QED) is 0.437. The summed E-state index contributed by atoms with van der Waals surface area (Å²) in [6, 6.07) is 17.6. The first kappa shape index (κ1) is 24.4. The smallest absolute Gasteiger partial charge is 0.344 e. The number of fused-ring (bicyclic) bond motifs is 2. The highest BCUT2D eigenvalue weighted by molar-refractivity contribution is 7.99. The Bertz CT molecular complexity index is 1270. The summed E-state index contributed by atoms with van der Waals surface area (Å²) in [5, 5.41) is 5.10. The van der Waals surface area contributed by atoms with Gasteiger partial charge in [-0.05, 0) is 60.2 Å². The van der Waals surface area contributed by atoms with E-state index in [0.29, 0.717) is 5.56 Å². The van der Waals surface area contributed by atoms with Crippen LogP contribution in [0.1, 0.15) is 46.2 Å². The largest absolute Gasteiger partial charge is 0.409 e. The molecule has 8 heteroatoms. The zero-order valence-electron chi connectivity index (χ0n) is 19.7. The second-order valence-corrected chi connectivity index (χ2v) is 10.5. The van der Waals surface area contributed by atoms with Gasteiger partial charge in [0.25, 0.3) is 0 Å². The van der Waals surface area contributed by atoms with Crippen molar-refractivity contribution in [2.45, 2.75) is 54.2 Å². The number of benzene rings is 3. The minimum Gasteiger partial charge on any atom is -0.344 e. The van der Waals surface area contributed by atoms with E-state index in [9.17, 15) is 22.8 Å². The van der Waals surface area contributed by atoms with Crippen molar-refractivity contribution in [3.8, 4) is 0 Å². The lowest BCUT2D eigenvalue weighted by Gasteiger charge is -2.38. The van der Waals surface area contributed by atoms with Gasteiger partial charge in [-0.1, -0.05) is 66.4 Å². The Hall–Kier alpha value is -3.26. The Labute approximate surface area is 211 Å². The monoisotopic (exact) mass is 510 g/mol. The van der Waals surface area contributed by atoms with Crippen LogP contribution in [0.2, 0.25) is 0 Å². The zero-order valence-corrected chi connectivity index (χ0v) is 20.5. The van der Waals surface area contributed by atoms with Crippen LogP contribution in [-0.2, 0) is 9.59 Å². The molecule has 3 unspecified atom stereocenters. The molecule has 36 heavy (non-hydrogen) atoms. The summed E-state index contributed by atoms with van der Waals surface area (Å²) < 4.78 is 41.5. The van der Waals surface area contributed by atoms with E-state index in [1.165, 1.54) is 0 Å². The van der Waals surface area contributed by atoms with Crippen molar-refractivity contribution >= 4 is 23.6 Å². The third kappa shape index (κ3) is 4.62. The van der Waals surface area contributed by atoms with Crippen LogP contribution in [0.5, 0.6) is 0 Å². The molecule has 0 aromatic heterocycles. The number of carbonyl (C=O) groups excluding carboxylic acids is 2. The zero-order chi connectivity index (χ0) is 25.6. The molecule has 3 atom stereocenters. The lowest BCUT2D eigenvalue weighted by atomic mass is 9.78. The molecule has 2 amide bonds. The fraction of sp³-hybridized carbons (Fsp3) is 0.286. The summed E-state index contributed by atoms with van der Waals surface area (Å²) in [6.07, 6.45) is -4.86. The van der Waals surface area contributed by atoms with E-state index in [0.717, 1.165) is 32.0 Å². The van der Waals surface area contributed by atoms with Crippen LogP contribution >= 0.6 is 11.8 Å². The van der Waals surface area contributed by atoms with Crippen LogP contribution in [0.3, 0.4) is 0 Å². The summed E-state index contributed by atoms with van der Waals surface area (Å²) in [6.45, 7) is 3.99. The predicted octanol–water partition coefficient (Wildman–Crippen LogP) is 5.82. The van der Waals surface area contributed by atoms with E-state index >= 15 is 0 Å². The Morgan fingerprint density at radius 3 is 2.08 bits per heavy atom. The van der Waals surface area contributed by atoms with Crippen molar-refractivity contribution in [2.24, 2.45) is 5.92 Å². The highest BCUT2D eigenvalue weighted by Crippen LogP contribution is 2.46. The molecule has 0 spiro atoms. The predicted molar refractivity (Wildman–Crippen MR) is 132 cm³/mol. The number of rotatable bonds is 3. The first-order valence-corrected chi connectivity index (χ1v) is 12.5. The maximum Gasteiger partial charge on any atom is 0.409 e. The summed E-state index contributed by atoms with van der Waals surface area (Å²) in [5.74, 6) is -3.79. The van der Waals surface area contributed by atoms with Crippen LogP contribution in [0, 0.1) is 19.8 Å². The first-order valence-electron chi connectivity index (χ1n) is 11.7. The number of amides is 2. The molecule has 1 fully saturated rings. The lowest BCUT2D eigenvalue weighted by Crippen LogP contribution is -2.58. The standard InChI is InChI=1S/C28H25F3N2O2S/c1-15-8-10-18-22(12-15)36-23-13-16(2)9-11-19(23)24(18)32-26(34)21-14-20(17-6-4-3-5-7-17)25(28(29,30)31)33-27(21)35/h3-13,20-21,24-25H,14H2,1-2H3,(H,32,34)(H,33,35). The van der Waals surface area contributed by atoms with E-state index < -0.39 is 41.9 Å². The second-order valence-electron chi connectivity index (χ2n) is 9.46. The summed E-state index contributed by atoms with van der Waals surface area (Å²) in [5.41, 5.74) is 4.41. The number of hydrogen-bond acceptors (Lipinski definition) is 3. The van der Waals surface area contributed by atoms with Gasteiger partial charge in [0.05, 0.1) is 6.04 Å². The van der Waals surface area contributed by atoms with Gasteiger partial charge in [-0.15, -0.1) is 0 Å². The van der Waals surface area contributed by atoms with E-state index in [4.69, 9.17) is 0 Å². The summed E-state index contributed by atoms with van der Waals surface area (Å²) in [7, 11) is 0. The number of alkyl halides is 3. The summed E-state index contributed by atoms with van der Waals surface area (Å²) >= 11 is 1.62. The van der Waals surface area contributed by atoms with E-state index in [-0.39, 0.29) is 6.42 Å². The number of aryl methyl sites for hydroxylation is 2. The molecule has 0 aliphatic carbocycles. The maximum atomic E-state index is 13.8. The number of carbonyl (C=O) groups is 2. The molecule has 2 aliphatic rings. The van der Waals surface area contributed by atoms with E-state index in [1.54, 1.807) is 42.1 Å². The van der Waals surface area contributed by atoms with Crippen molar-refractivity contribution in [3.63, 3.8) is 0 Å². The molecular formula is C28H25F3N2O2S. The fourth-order valence-electron chi connectivity index (χ4n) is 5.04. The molecule has 3 aromatic rings. The molecular weight excluding hydrogens is 485 g/mol. The Kier molecular flexibility index (Phi) is 6.32. The number of piperidine rings is 1. The SMILES string of the molecule is Cc1ccc2c(c1)Sc1cc(C)ccc1C2NC(=O)C1CC(c2ccccc2)C(C(F)(F)F)NC1=O. The molecule has 0 radical (unpaired) electrons. The van der Waals surface area contributed by atoms with Crippen molar-refractivity contribution < 1.29 is 22.8 Å². The van der Waals surface area contributed by atoms with Gasteiger partial charge in [0.15, 0.2) is 0 Å². The summed E-state index contributed by atoms with van der Waals surface area (Å²) in [4.78, 5) is 28.3. The highest BCUT2D eigenvalue weighted by Gasteiger charge is 2.52. The minimum atomic E-state index is -4.63. The topological polar surface area (TPSA) is 58.2 Å². The van der Waals surface area contributed by atoms with Crippen LogP contribution in [0.25, 0.3) is 0 Å². The Balaban J connectivity index is 1.47. The van der Waals surface area contributed by atoms with Crippen LogP contribution < -0.4 is 10.6 Å². The van der Waals surface area contributed by atoms with Crippen molar-refractivity contribution in [3.05, 3.63) is 94.5 Å². The molecule has 2 N–H and O–H groups in total. The molecule has 2 aliphatic heterocycles. The van der Waals surface area contributed by atoms with Gasteiger partial charge in [-0.3, -0.25) is 9.59 Å². The van der Waals surface area contributed by atoms with Gasteiger partial charge >= 0.3 is 6.18 Å². The second kappa shape index (κ2) is 9.32. The Morgan fingerprint density at radius 1 is 0.944 bits per heavy atom. The molecule has 3 aromatic carbocycles. The number of hydrogen-bond donors (Lipinski definition) is 2.